The molecule has 2 aliphatic rings. The summed E-state index contributed by atoms with van der Waals surface area (Å²) in [5.41, 5.74) is 7.64. The van der Waals surface area contributed by atoms with E-state index < -0.39 is 0 Å². The SMILES string of the molecule is CC(C1CC1)N1CC[C@H](Oc2ccc(C(=O)Nc3ccccc3N)cc2)C1. The van der Waals surface area contributed by atoms with Gasteiger partial charge in [0, 0.05) is 24.7 Å². The molecule has 2 fully saturated rings. The minimum atomic E-state index is -0.176. The van der Waals surface area contributed by atoms with Crippen LogP contribution < -0.4 is 15.8 Å². The average molecular weight is 365 g/mol. The van der Waals surface area contributed by atoms with E-state index in [4.69, 9.17) is 10.5 Å². The maximum Gasteiger partial charge on any atom is 0.255 e. The Morgan fingerprint density at radius 1 is 1.15 bits per heavy atom. The molecule has 1 heterocycles. The minimum absolute atomic E-state index is 0.176. The molecule has 1 saturated heterocycles. The van der Waals surface area contributed by atoms with Crippen LogP contribution in [0.5, 0.6) is 5.75 Å². The molecule has 3 N–H and O–H groups in total. The van der Waals surface area contributed by atoms with Crippen molar-refractivity contribution in [2.75, 3.05) is 24.1 Å². The molecule has 0 radical (unpaired) electrons. The van der Waals surface area contributed by atoms with Gasteiger partial charge >= 0.3 is 0 Å². The smallest absolute Gasteiger partial charge is 0.255 e. The lowest BCUT2D eigenvalue weighted by atomic mass is 10.2. The molecule has 5 heteroatoms. The first-order valence-electron chi connectivity index (χ1n) is 9.77. The Bertz CT molecular complexity index is 801. The molecule has 5 nitrogen and oxygen atoms in total. The minimum Gasteiger partial charge on any atom is -0.489 e. The van der Waals surface area contributed by atoms with Gasteiger partial charge in [-0.05, 0) is 68.5 Å². The fourth-order valence-corrected chi connectivity index (χ4v) is 3.78. The normalized spacial score (nSPS) is 21.0. The molecule has 0 spiro atoms. The number of nitrogens with zero attached hydrogens (tertiary/aromatic N) is 1. The second-order valence-electron chi connectivity index (χ2n) is 7.67. The largest absolute Gasteiger partial charge is 0.489 e. The van der Waals surface area contributed by atoms with E-state index in [2.05, 4.69) is 17.1 Å². The highest BCUT2D eigenvalue weighted by atomic mass is 16.5. The highest BCUT2D eigenvalue weighted by Crippen LogP contribution is 2.36. The highest BCUT2D eigenvalue weighted by Gasteiger charge is 2.36. The Morgan fingerprint density at radius 3 is 2.59 bits per heavy atom. The number of carbonyl (C=O) groups is 1. The number of rotatable bonds is 6. The lowest BCUT2D eigenvalue weighted by Crippen LogP contribution is -2.34. The van der Waals surface area contributed by atoms with Crippen LogP contribution in [0.25, 0.3) is 0 Å². The van der Waals surface area contributed by atoms with E-state index in [0.29, 0.717) is 23.0 Å². The first kappa shape index (κ1) is 17.9. The Morgan fingerprint density at radius 2 is 1.89 bits per heavy atom. The predicted octanol–water partition coefficient (Wildman–Crippen LogP) is 3.77. The molecular weight excluding hydrogens is 338 g/mol. The zero-order valence-corrected chi connectivity index (χ0v) is 15.7. The summed E-state index contributed by atoms with van der Waals surface area (Å²) in [6.45, 7) is 4.45. The van der Waals surface area contributed by atoms with Crippen molar-refractivity contribution in [3.05, 3.63) is 54.1 Å². The number of carbonyl (C=O) groups excluding carboxylic acids is 1. The van der Waals surface area contributed by atoms with E-state index in [0.717, 1.165) is 31.2 Å². The molecule has 142 valence electrons. The second-order valence-corrected chi connectivity index (χ2v) is 7.67. The van der Waals surface area contributed by atoms with Gasteiger partial charge in [-0.25, -0.2) is 0 Å². The van der Waals surface area contributed by atoms with E-state index in [-0.39, 0.29) is 12.0 Å². The van der Waals surface area contributed by atoms with Gasteiger partial charge in [0.05, 0.1) is 11.4 Å². The summed E-state index contributed by atoms with van der Waals surface area (Å²) < 4.78 is 6.13. The number of para-hydroxylation sites is 2. The number of amides is 1. The van der Waals surface area contributed by atoms with Gasteiger partial charge in [0.2, 0.25) is 0 Å². The number of nitrogens with two attached hydrogens (primary N) is 1. The Hall–Kier alpha value is -2.53. The van der Waals surface area contributed by atoms with Crippen molar-refractivity contribution in [2.24, 2.45) is 5.92 Å². The number of likely N-dealkylation sites (tertiary alicyclic amines) is 1. The van der Waals surface area contributed by atoms with Crippen LogP contribution in [0.3, 0.4) is 0 Å². The lowest BCUT2D eigenvalue weighted by Gasteiger charge is -2.24. The highest BCUT2D eigenvalue weighted by molar-refractivity contribution is 6.05. The maximum absolute atomic E-state index is 12.4. The molecule has 1 amide bonds. The van der Waals surface area contributed by atoms with E-state index in [9.17, 15) is 4.79 Å². The van der Waals surface area contributed by atoms with Crippen LogP contribution >= 0.6 is 0 Å². The Kier molecular flexibility index (Phi) is 5.03. The third kappa shape index (κ3) is 4.25. The third-order valence-corrected chi connectivity index (χ3v) is 5.68. The van der Waals surface area contributed by atoms with Gasteiger partial charge < -0.3 is 15.8 Å². The summed E-state index contributed by atoms with van der Waals surface area (Å²) in [6, 6.07) is 15.2. The monoisotopic (exact) mass is 365 g/mol. The van der Waals surface area contributed by atoms with Crippen molar-refractivity contribution in [3.63, 3.8) is 0 Å². The molecule has 2 atom stereocenters. The molecule has 1 saturated carbocycles. The number of hydrogen-bond acceptors (Lipinski definition) is 4. The van der Waals surface area contributed by atoms with Crippen LogP contribution in [0.4, 0.5) is 11.4 Å². The van der Waals surface area contributed by atoms with Crippen molar-refractivity contribution >= 4 is 17.3 Å². The van der Waals surface area contributed by atoms with Crippen molar-refractivity contribution in [1.82, 2.24) is 4.90 Å². The van der Waals surface area contributed by atoms with Crippen LogP contribution in [0, 0.1) is 5.92 Å². The maximum atomic E-state index is 12.4. The van der Waals surface area contributed by atoms with Gasteiger partial charge in [-0.3, -0.25) is 9.69 Å². The molecular formula is C22H27N3O2. The van der Waals surface area contributed by atoms with Crippen LogP contribution in [0.15, 0.2) is 48.5 Å². The van der Waals surface area contributed by atoms with Crippen molar-refractivity contribution in [3.8, 4) is 5.75 Å². The van der Waals surface area contributed by atoms with Crippen LogP contribution in [0.2, 0.25) is 0 Å². The van der Waals surface area contributed by atoms with E-state index in [1.54, 1.807) is 24.3 Å². The summed E-state index contributed by atoms with van der Waals surface area (Å²) in [4.78, 5) is 14.9. The standard InChI is InChI=1S/C22H27N3O2/c1-15(16-6-7-16)25-13-12-19(14-25)27-18-10-8-17(9-11-18)22(26)24-21-5-3-2-4-20(21)23/h2-5,8-11,15-16,19H,6-7,12-14,23H2,1H3,(H,24,26)/t15?,19-/m0/s1. The molecule has 1 aliphatic heterocycles. The molecule has 2 aromatic rings. The summed E-state index contributed by atoms with van der Waals surface area (Å²) in [5.74, 6) is 1.53. The van der Waals surface area contributed by atoms with Crippen LogP contribution in [0.1, 0.15) is 36.5 Å². The number of nitrogen functional groups attached to an aromatic ring is 1. The first-order chi connectivity index (χ1) is 13.1. The predicted molar refractivity (Wildman–Crippen MR) is 108 cm³/mol. The van der Waals surface area contributed by atoms with Gasteiger partial charge in [-0.15, -0.1) is 0 Å². The summed E-state index contributed by atoms with van der Waals surface area (Å²) in [6.07, 6.45) is 4.05. The molecule has 2 aromatic carbocycles. The zero-order valence-electron chi connectivity index (χ0n) is 15.7. The van der Waals surface area contributed by atoms with Crippen LogP contribution in [-0.4, -0.2) is 36.0 Å². The molecule has 4 rings (SSSR count). The van der Waals surface area contributed by atoms with Gasteiger partial charge in [-0.1, -0.05) is 12.1 Å². The number of ether oxygens (including phenoxy) is 1. The summed E-state index contributed by atoms with van der Waals surface area (Å²) >= 11 is 0. The Balaban J connectivity index is 1.32. The van der Waals surface area contributed by atoms with E-state index >= 15 is 0 Å². The molecule has 0 aromatic heterocycles. The number of nitrogens with one attached hydrogen (secondary N) is 1. The number of hydrogen-bond donors (Lipinski definition) is 2. The molecule has 0 bridgehead atoms. The molecule has 1 unspecified atom stereocenters. The molecule has 27 heavy (non-hydrogen) atoms. The topological polar surface area (TPSA) is 67.6 Å². The lowest BCUT2D eigenvalue weighted by molar-refractivity contribution is 0.102. The fraction of sp³-hybridized carbons (Fsp3) is 0.409. The third-order valence-electron chi connectivity index (χ3n) is 5.68. The number of benzene rings is 2. The van der Waals surface area contributed by atoms with Gasteiger partial charge in [0.1, 0.15) is 11.9 Å². The average Bonchev–Trinajstić information content (AvgIpc) is 3.43. The van der Waals surface area contributed by atoms with Crippen LogP contribution in [-0.2, 0) is 0 Å². The van der Waals surface area contributed by atoms with Gasteiger partial charge in [0.15, 0.2) is 0 Å². The first-order valence-corrected chi connectivity index (χ1v) is 9.77. The van der Waals surface area contributed by atoms with Crippen molar-refractivity contribution in [1.29, 1.82) is 0 Å². The van der Waals surface area contributed by atoms with Gasteiger partial charge in [0.25, 0.3) is 5.91 Å². The summed E-state index contributed by atoms with van der Waals surface area (Å²) in [7, 11) is 0. The second kappa shape index (κ2) is 7.61. The molecule has 1 aliphatic carbocycles. The van der Waals surface area contributed by atoms with Crippen molar-refractivity contribution < 1.29 is 9.53 Å². The van der Waals surface area contributed by atoms with E-state index in [1.807, 2.05) is 24.3 Å². The number of anilines is 2. The van der Waals surface area contributed by atoms with E-state index in [1.165, 1.54) is 12.8 Å². The summed E-state index contributed by atoms with van der Waals surface area (Å²) in [5, 5.41) is 2.84. The Labute approximate surface area is 160 Å². The van der Waals surface area contributed by atoms with Crippen molar-refractivity contribution in [2.45, 2.75) is 38.3 Å². The quantitative estimate of drug-likeness (QED) is 0.765. The zero-order chi connectivity index (χ0) is 18.8. The van der Waals surface area contributed by atoms with Gasteiger partial charge in [-0.2, -0.15) is 0 Å². The fourth-order valence-electron chi connectivity index (χ4n) is 3.78.